The number of nitrogens with zero attached hydrogens (tertiary/aromatic N) is 2. The zero-order valence-electron chi connectivity index (χ0n) is 15.4. The summed E-state index contributed by atoms with van der Waals surface area (Å²) in [4.78, 5) is 7.55. The first-order valence-corrected chi connectivity index (χ1v) is 12.0. The number of halogens is 2. The largest absolute Gasteiger partial charge is 0.307 e. The Morgan fingerprint density at radius 1 is 0.828 bits per heavy atom. The highest BCUT2D eigenvalue weighted by atomic mass is 35.5. The van der Waals surface area contributed by atoms with Crippen molar-refractivity contribution in [1.29, 1.82) is 0 Å². The van der Waals surface area contributed by atoms with Gasteiger partial charge in [-0.2, -0.15) is 0 Å². The molecule has 1 aliphatic heterocycles. The summed E-state index contributed by atoms with van der Waals surface area (Å²) in [5.41, 5.74) is 5.93. The van der Waals surface area contributed by atoms with Gasteiger partial charge in [0.25, 0.3) is 4.08 Å². The lowest BCUT2D eigenvalue weighted by Gasteiger charge is -2.37. The number of hydrogen-bond donors (Lipinski definition) is 1. The Hall–Kier alpha value is -1.78. The van der Waals surface area contributed by atoms with Crippen LogP contribution in [0.2, 0.25) is 10.0 Å². The quantitative estimate of drug-likeness (QED) is 0.731. The molecule has 0 saturated carbocycles. The molecule has 1 aliphatic rings. The Morgan fingerprint density at radius 3 is 1.55 bits per heavy atom. The van der Waals surface area contributed by atoms with Gasteiger partial charge in [0.05, 0.1) is 15.5 Å². The van der Waals surface area contributed by atoms with E-state index in [-0.39, 0.29) is 21.3 Å². The number of hydrogen-bond acceptors (Lipinski definition) is 7. The topological polar surface area (TPSA) is 119 Å². The third kappa shape index (κ3) is 3.30. The summed E-state index contributed by atoms with van der Waals surface area (Å²) in [6.45, 7) is 2.83. The molecule has 0 radical (unpaired) electrons. The monoisotopic (exact) mass is 473 g/mol. The fourth-order valence-corrected chi connectivity index (χ4v) is 8.56. The summed E-state index contributed by atoms with van der Waals surface area (Å²) in [6, 6.07) is 10.3. The molecule has 7 nitrogen and oxygen atoms in total. The molecule has 0 fully saturated rings. The van der Waals surface area contributed by atoms with Crippen molar-refractivity contribution in [2.45, 2.75) is 33.9 Å². The molecule has 0 bridgehead atoms. The van der Waals surface area contributed by atoms with Crippen LogP contribution in [0, 0.1) is 0 Å². The predicted molar refractivity (Wildman–Crippen MR) is 114 cm³/mol. The fourth-order valence-electron chi connectivity index (χ4n) is 3.28. The molecule has 1 atom stereocenters. The third-order valence-corrected chi connectivity index (χ3v) is 10.9. The lowest BCUT2D eigenvalue weighted by atomic mass is 10.2. The van der Waals surface area contributed by atoms with Crippen LogP contribution in [0.3, 0.4) is 0 Å². The van der Waals surface area contributed by atoms with Gasteiger partial charge in [-0.25, -0.2) is 26.8 Å². The number of amidine groups is 1. The summed E-state index contributed by atoms with van der Waals surface area (Å²) >= 11 is 11.7. The maximum Gasteiger partial charge on any atom is 0.254 e. The van der Waals surface area contributed by atoms with Gasteiger partial charge in [-0.1, -0.05) is 23.2 Å². The number of sulfone groups is 2. The van der Waals surface area contributed by atoms with E-state index in [0.29, 0.717) is 10.0 Å². The molecule has 0 spiro atoms. The van der Waals surface area contributed by atoms with Gasteiger partial charge in [0, 0.05) is 10.0 Å². The molecular formula is C18H17Cl2N3O4S2. The van der Waals surface area contributed by atoms with Gasteiger partial charge in [-0.15, -0.1) is 0 Å². The van der Waals surface area contributed by atoms with Crippen molar-refractivity contribution in [3.63, 3.8) is 0 Å². The Kier molecular flexibility index (Phi) is 5.65. The van der Waals surface area contributed by atoms with Crippen LogP contribution in [0.4, 0.5) is 0 Å². The van der Waals surface area contributed by atoms with E-state index in [1.54, 1.807) is 0 Å². The van der Waals surface area contributed by atoms with Crippen LogP contribution < -0.4 is 5.73 Å². The summed E-state index contributed by atoms with van der Waals surface area (Å²) in [5, 5.41) is 0.594. The van der Waals surface area contributed by atoms with Crippen LogP contribution in [-0.2, 0) is 19.7 Å². The smallest absolute Gasteiger partial charge is 0.254 e. The molecule has 0 saturated heterocycles. The van der Waals surface area contributed by atoms with Crippen molar-refractivity contribution in [2.24, 2.45) is 15.7 Å². The summed E-state index contributed by atoms with van der Waals surface area (Å²) < 4.78 is 52.4. The van der Waals surface area contributed by atoms with E-state index in [4.69, 9.17) is 28.9 Å². The average molecular weight is 474 g/mol. The first-order chi connectivity index (χ1) is 13.4. The van der Waals surface area contributed by atoms with Gasteiger partial charge in [-0.05, 0) is 62.4 Å². The standard InChI is InChI=1S/C18H17Cl2N3O4S2/c1-11-18(17(21)23-12(2)22-11,28(24,25)15-7-3-13(19)4-8-15)29(26,27)16-9-5-14(20)6-10-16/h3-10,17H,21H2,1-2H3. The Morgan fingerprint density at radius 2 is 1.21 bits per heavy atom. The highest BCUT2D eigenvalue weighted by Gasteiger charge is 2.64. The van der Waals surface area contributed by atoms with Crippen LogP contribution in [0.1, 0.15) is 13.8 Å². The van der Waals surface area contributed by atoms with Crippen LogP contribution in [0.5, 0.6) is 0 Å². The van der Waals surface area contributed by atoms with Gasteiger partial charge in [0.2, 0.25) is 19.7 Å². The summed E-state index contributed by atoms with van der Waals surface area (Å²) in [7, 11) is -9.24. The van der Waals surface area contributed by atoms with E-state index in [0.717, 1.165) is 0 Å². The van der Waals surface area contributed by atoms with Gasteiger partial charge < -0.3 is 5.73 Å². The zero-order chi connectivity index (χ0) is 21.6. The van der Waals surface area contributed by atoms with Crippen LogP contribution >= 0.6 is 23.2 Å². The maximum atomic E-state index is 13.8. The molecule has 2 aromatic rings. The molecule has 2 aromatic carbocycles. The van der Waals surface area contributed by atoms with Crippen molar-refractivity contribution >= 4 is 54.4 Å². The van der Waals surface area contributed by atoms with Crippen molar-refractivity contribution in [2.75, 3.05) is 0 Å². The Bertz CT molecular complexity index is 1150. The summed E-state index contributed by atoms with van der Waals surface area (Å²) in [6.07, 6.45) is -1.64. The molecule has 1 unspecified atom stereocenters. The SMILES string of the molecule is CC1=NC(N)C(S(=O)(=O)c2ccc(Cl)cc2)(S(=O)(=O)c2ccc(Cl)cc2)C(C)=N1. The molecule has 0 aromatic heterocycles. The molecule has 2 N–H and O–H groups in total. The second-order valence-electron chi connectivity index (χ2n) is 6.40. The zero-order valence-corrected chi connectivity index (χ0v) is 18.5. The fraction of sp³-hybridized carbons (Fsp3) is 0.222. The number of aliphatic imine (C=N–C) groups is 2. The highest BCUT2D eigenvalue weighted by Crippen LogP contribution is 2.41. The highest BCUT2D eigenvalue weighted by molar-refractivity contribution is 8.11. The van der Waals surface area contributed by atoms with E-state index in [1.165, 1.54) is 62.4 Å². The minimum absolute atomic E-state index is 0.184. The Labute approximate surface area is 179 Å². The third-order valence-electron chi connectivity index (χ3n) is 4.60. The van der Waals surface area contributed by atoms with Crippen molar-refractivity contribution in [3.8, 4) is 0 Å². The first-order valence-electron chi connectivity index (χ1n) is 8.30. The van der Waals surface area contributed by atoms with E-state index < -0.39 is 29.9 Å². The second kappa shape index (κ2) is 7.48. The normalized spacial score (nSPS) is 19.4. The molecule has 11 heteroatoms. The van der Waals surface area contributed by atoms with Crippen molar-refractivity contribution in [1.82, 2.24) is 0 Å². The number of benzene rings is 2. The molecule has 29 heavy (non-hydrogen) atoms. The van der Waals surface area contributed by atoms with Crippen molar-refractivity contribution < 1.29 is 16.8 Å². The molecule has 0 aliphatic carbocycles. The van der Waals surface area contributed by atoms with Gasteiger partial charge >= 0.3 is 0 Å². The molecule has 0 amide bonds. The van der Waals surface area contributed by atoms with Crippen molar-refractivity contribution in [3.05, 3.63) is 58.6 Å². The van der Waals surface area contributed by atoms with E-state index >= 15 is 0 Å². The Balaban J connectivity index is 2.40. The lowest BCUT2D eigenvalue weighted by molar-refractivity contribution is 0.537. The van der Waals surface area contributed by atoms with E-state index in [9.17, 15) is 16.8 Å². The second-order valence-corrected chi connectivity index (χ2v) is 11.8. The maximum absolute atomic E-state index is 13.8. The minimum atomic E-state index is -4.62. The molecular weight excluding hydrogens is 457 g/mol. The molecule has 154 valence electrons. The van der Waals surface area contributed by atoms with Gasteiger partial charge in [0.1, 0.15) is 12.0 Å². The molecule has 3 rings (SSSR count). The number of rotatable bonds is 4. The first kappa shape index (κ1) is 21.9. The van der Waals surface area contributed by atoms with Crippen LogP contribution in [-0.4, -0.2) is 38.6 Å². The molecule has 1 heterocycles. The average Bonchev–Trinajstić information content (AvgIpc) is 2.61. The van der Waals surface area contributed by atoms with E-state index in [2.05, 4.69) is 9.98 Å². The van der Waals surface area contributed by atoms with Crippen LogP contribution in [0.25, 0.3) is 0 Å². The van der Waals surface area contributed by atoms with Crippen LogP contribution in [0.15, 0.2) is 68.3 Å². The lowest BCUT2D eigenvalue weighted by Crippen LogP contribution is -2.64. The van der Waals surface area contributed by atoms with Gasteiger partial charge in [-0.3, -0.25) is 0 Å². The predicted octanol–water partition coefficient (Wildman–Crippen LogP) is 3.12. The summed E-state index contributed by atoms with van der Waals surface area (Å²) in [5.74, 6) is 0.184. The van der Waals surface area contributed by atoms with Gasteiger partial charge in [0.15, 0.2) is 0 Å². The van der Waals surface area contributed by atoms with E-state index in [1.807, 2.05) is 0 Å². The minimum Gasteiger partial charge on any atom is -0.307 e. The number of nitrogens with two attached hydrogens (primary N) is 1.